The lowest BCUT2D eigenvalue weighted by molar-refractivity contribution is 0.0950. The molecule has 21 heavy (non-hydrogen) atoms. The number of nitrogens with zero attached hydrogens (tertiary/aromatic N) is 1. The predicted molar refractivity (Wildman–Crippen MR) is 82.9 cm³/mol. The van der Waals surface area contributed by atoms with E-state index in [4.69, 9.17) is 0 Å². The summed E-state index contributed by atoms with van der Waals surface area (Å²) in [5.74, 6) is -0.139. The van der Waals surface area contributed by atoms with E-state index in [1.165, 1.54) is 12.8 Å². The van der Waals surface area contributed by atoms with E-state index >= 15 is 0 Å². The van der Waals surface area contributed by atoms with Crippen molar-refractivity contribution in [3.05, 3.63) is 29.8 Å². The normalized spacial score (nSPS) is 15.9. The molecule has 1 aromatic carbocycles. The molecular formula is C14H21N3O3S. The number of carbonyl (C=O) groups is 1. The highest BCUT2D eigenvalue weighted by Crippen LogP contribution is 2.11. The number of anilines is 1. The topological polar surface area (TPSA) is 78.5 Å². The molecule has 1 saturated heterocycles. The molecule has 0 aliphatic carbocycles. The van der Waals surface area contributed by atoms with E-state index in [0.717, 1.165) is 25.9 Å². The van der Waals surface area contributed by atoms with E-state index in [1.807, 2.05) is 0 Å². The number of sulfonamides is 1. The van der Waals surface area contributed by atoms with Crippen molar-refractivity contribution >= 4 is 21.6 Å². The molecule has 0 saturated carbocycles. The molecule has 1 amide bonds. The SMILES string of the molecule is CS(=O)(=O)Nc1ccc(C(=O)NCCN2CCCC2)cc1. The molecule has 0 radical (unpaired) electrons. The molecule has 1 aliphatic heterocycles. The fraction of sp³-hybridized carbons (Fsp3) is 0.500. The molecule has 1 heterocycles. The van der Waals surface area contributed by atoms with Crippen molar-refractivity contribution in [3.63, 3.8) is 0 Å². The van der Waals surface area contributed by atoms with Crippen LogP contribution in [-0.4, -0.2) is 51.7 Å². The summed E-state index contributed by atoms with van der Waals surface area (Å²) in [6.07, 6.45) is 3.57. The lowest BCUT2D eigenvalue weighted by Gasteiger charge is -2.14. The monoisotopic (exact) mass is 311 g/mol. The summed E-state index contributed by atoms with van der Waals surface area (Å²) >= 11 is 0. The first-order chi connectivity index (χ1) is 9.94. The van der Waals surface area contributed by atoms with Gasteiger partial charge in [-0.15, -0.1) is 0 Å². The fourth-order valence-electron chi connectivity index (χ4n) is 2.34. The van der Waals surface area contributed by atoms with E-state index in [1.54, 1.807) is 24.3 Å². The van der Waals surface area contributed by atoms with Gasteiger partial charge >= 0.3 is 0 Å². The van der Waals surface area contributed by atoms with Crippen LogP contribution in [0.1, 0.15) is 23.2 Å². The number of rotatable bonds is 6. The Labute approximate surface area is 125 Å². The molecule has 1 aromatic rings. The molecule has 0 spiro atoms. The average Bonchev–Trinajstić information content (AvgIpc) is 2.91. The van der Waals surface area contributed by atoms with E-state index in [-0.39, 0.29) is 5.91 Å². The third-order valence-electron chi connectivity index (χ3n) is 3.36. The lowest BCUT2D eigenvalue weighted by Crippen LogP contribution is -2.33. The zero-order valence-electron chi connectivity index (χ0n) is 12.1. The zero-order valence-corrected chi connectivity index (χ0v) is 12.9. The summed E-state index contributed by atoms with van der Waals surface area (Å²) in [4.78, 5) is 14.3. The third kappa shape index (κ3) is 5.35. The second-order valence-corrected chi connectivity index (χ2v) is 7.00. The van der Waals surface area contributed by atoms with Gasteiger partial charge in [0.25, 0.3) is 5.91 Å². The van der Waals surface area contributed by atoms with Crippen LogP contribution in [0.3, 0.4) is 0 Å². The van der Waals surface area contributed by atoms with Gasteiger partial charge in [0.2, 0.25) is 10.0 Å². The molecule has 6 nitrogen and oxygen atoms in total. The Bertz CT molecular complexity index is 578. The van der Waals surface area contributed by atoms with Gasteiger partial charge in [-0.1, -0.05) is 0 Å². The van der Waals surface area contributed by atoms with Crippen molar-refractivity contribution in [2.45, 2.75) is 12.8 Å². The lowest BCUT2D eigenvalue weighted by atomic mass is 10.2. The summed E-state index contributed by atoms with van der Waals surface area (Å²) in [5.41, 5.74) is 0.974. The standard InChI is InChI=1S/C14H21N3O3S/c1-21(19,20)16-13-6-4-12(5-7-13)14(18)15-8-11-17-9-2-3-10-17/h4-7,16H,2-3,8-11H2,1H3,(H,15,18). The van der Waals surface area contributed by atoms with Gasteiger partial charge in [-0.3, -0.25) is 9.52 Å². The highest BCUT2D eigenvalue weighted by Gasteiger charge is 2.11. The van der Waals surface area contributed by atoms with Crippen molar-refractivity contribution in [1.82, 2.24) is 10.2 Å². The van der Waals surface area contributed by atoms with Crippen LogP contribution in [0.15, 0.2) is 24.3 Å². The van der Waals surface area contributed by atoms with Crippen molar-refractivity contribution in [2.24, 2.45) is 0 Å². The largest absolute Gasteiger partial charge is 0.351 e. The van der Waals surface area contributed by atoms with Crippen molar-refractivity contribution in [3.8, 4) is 0 Å². The van der Waals surface area contributed by atoms with Crippen LogP contribution in [0.2, 0.25) is 0 Å². The first-order valence-electron chi connectivity index (χ1n) is 7.02. The molecule has 0 bridgehead atoms. The molecular weight excluding hydrogens is 290 g/mol. The third-order valence-corrected chi connectivity index (χ3v) is 3.97. The molecule has 2 rings (SSSR count). The Balaban J connectivity index is 1.81. The molecule has 2 N–H and O–H groups in total. The number of benzene rings is 1. The fourth-order valence-corrected chi connectivity index (χ4v) is 2.90. The van der Waals surface area contributed by atoms with Gasteiger partial charge in [0, 0.05) is 24.3 Å². The molecule has 0 atom stereocenters. The van der Waals surface area contributed by atoms with Gasteiger partial charge in [0.1, 0.15) is 0 Å². The summed E-state index contributed by atoms with van der Waals surface area (Å²) in [6.45, 7) is 3.73. The predicted octanol–water partition coefficient (Wildman–Crippen LogP) is 0.884. The van der Waals surface area contributed by atoms with Crippen molar-refractivity contribution in [1.29, 1.82) is 0 Å². The maximum Gasteiger partial charge on any atom is 0.251 e. The van der Waals surface area contributed by atoms with Crippen LogP contribution in [0, 0.1) is 0 Å². The number of hydrogen-bond donors (Lipinski definition) is 2. The maximum absolute atomic E-state index is 11.9. The van der Waals surface area contributed by atoms with E-state index in [0.29, 0.717) is 17.8 Å². The molecule has 116 valence electrons. The summed E-state index contributed by atoms with van der Waals surface area (Å²) in [5, 5.41) is 2.87. The van der Waals surface area contributed by atoms with Gasteiger partial charge < -0.3 is 10.2 Å². The van der Waals surface area contributed by atoms with Crippen LogP contribution in [0.25, 0.3) is 0 Å². The van der Waals surface area contributed by atoms with E-state index in [9.17, 15) is 13.2 Å². The van der Waals surface area contributed by atoms with E-state index < -0.39 is 10.0 Å². The highest BCUT2D eigenvalue weighted by atomic mass is 32.2. The highest BCUT2D eigenvalue weighted by molar-refractivity contribution is 7.92. The molecule has 0 unspecified atom stereocenters. The number of likely N-dealkylation sites (tertiary alicyclic amines) is 1. The Kier molecular flexibility index (Phi) is 5.19. The quantitative estimate of drug-likeness (QED) is 0.817. The van der Waals surface area contributed by atoms with Crippen LogP contribution < -0.4 is 10.0 Å². The number of amides is 1. The molecule has 0 aromatic heterocycles. The van der Waals surface area contributed by atoms with Crippen LogP contribution in [0.5, 0.6) is 0 Å². The van der Waals surface area contributed by atoms with E-state index in [2.05, 4.69) is 14.9 Å². The zero-order chi connectivity index (χ0) is 15.3. The summed E-state index contributed by atoms with van der Waals surface area (Å²) in [7, 11) is -3.29. The minimum Gasteiger partial charge on any atom is -0.351 e. The van der Waals surface area contributed by atoms with Gasteiger partial charge in [0.15, 0.2) is 0 Å². The maximum atomic E-state index is 11.9. The first-order valence-corrected chi connectivity index (χ1v) is 8.91. The Hall–Kier alpha value is -1.60. The van der Waals surface area contributed by atoms with Gasteiger partial charge in [-0.2, -0.15) is 0 Å². The Morgan fingerprint density at radius 1 is 1.19 bits per heavy atom. The summed E-state index contributed by atoms with van der Waals surface area (Å²) in [6, 6.07) is 6.38. The molecule has 1 fully saturated rings. The second kappa shape index (κ2) is 6.91. The minimum atomic E-state index is -3.29. The smallest absolute Gasteiger partial charge is 0.251 e. The van der Waals surface area contributed by atoms with Crippen molar-refractivity contribution in [2.75, 3.05) is 37.2 Å². The summed E-state index contributed by atoms with van der Waals surface area (Å²) < 4.78 is 24.5. The van der Waals surface area contributed by atoms with Gasteiger partial charge in [-0.25, -0.2) is 8.42 Å². The number of carbonyl (C=O) groups excluding carboxylic acids is 1. The van der Waals surface area contributed by atoms with Crippen LogP contribution in [-0.2, 0) is 10.0 Å². The Morgan fingerprint density at radius 3 is 2.38 bits per heavy atom. The van der Waals surface area contributed by atoms with Gasteiger partial charge in [-0.05, 0) is 50.2 Å². The van der Waals surface area contributed by atoms with Crippen LogP contribution >= 0.6 is 0 Å². The first kappa shape index (κ1) is 15.8. The van der Waals surface area contributed by atoms with Crippen LogP contribution in [0.4, 0.5) is 5.69 Å². The van der Waals surface area contributed by atoms with Crippen molar-refractivity contribution < 1.29 is 13.2 Å². The Morgan fingerprint density at radius 2 is 1.81 bits per heavy atom. The number of nitrogens with one attached hydrogen (secondary N) is 2. The number of hydrogen-bond acceptors (Lipinski definition) is 4. The molecule has 1 aliphatic rings. The average molecular weight is 311 g/mol. The van der Waals surface area contributed by atoms with Gasteiger partial charge in [0.05, 0.1) is 6.26 Å². The second-order valence-electron chi connectivity index (χ2n) is 5.26. The molecule has 7 heteroatoms. The minimum absolute atomic E-state index is 0.139.